The lowest BCUT2D eigenvalue weighted by Gasteiger charge is -2.46. The molecule has 0 aromatic heterocycles. The highest BCUT2D eigenvalue weighted by atomic mass is 35.5. The molecule has 0 aliphatic carbocycles. The van der Waals surface area contributed by atoms with Crippen LogP contribution in [0.1, 0.15) is 36.1 Å². The average Bonchev–Trinajstić information content (AvgIpc) is 3.31. The largest absolute Gasteiger partial charge is 0.462 e. The Labute approximate surface area is 201 Å². The summed E-state index contributed by atoms with van der Waals surface area (Å²) in [6, 6.07) is 26.6. The number of hydrazone groups is 1. The summed E-state index contributed by atoms with van der Waals surface area (Å²) in [5, 5.41) is 21.2. The molecule has 168 valence electrons. The van der Waals surface area contributed by atoms with Crippen molar-refractivity contribution in [2.75, 3.05) is 0 Å². The van der Waals surface area contributed by atoms with E-state index in [1.807, 2.05) is 42.3 Å². The molecule has 6 rings (SSSR count). The molecule has 6 nitrogen and oxygen atoms in total. The monoisotopic (exact) mass is 469 g/mol. The van der Waals surface area contributed by atoms with Crippen LogP contribution in [-0.4, -0.2) is 15.6 Å². The summed E-state index contributed by atoms with van der Waals surface area (Å²) in [5.74, 6) is 0.737. The number of benzene rings is 4. The smallest absolute Gasteiger partial charge is 0.269 e. The first kappa shape index (κ1) is 20.7. The van der Waals surface area contributed by atoms with E-state index in [9.17, 15) is 10.1 Å². The molecule has 4 aromatic rings. The first-order valence-electron chi connectivity index (χ1n) is 11.0. The Kier molecular flexibility index (Phi) is 4.61. The molecule has 2 atom stereocenters. The molecular weight excluding hydrogens is 450 g/mol. The van der Waals surface area contributed by atoms with E-state index in [2.05, 4.69) is 30.3 Å². The fraction of sp³-hybridized carbons (Fsp3) is 0.148. The van der Waals surface area contributed by atoms with Gasteiger partial charge in [0.25, 0.3) is 5.69 Å². The summed E-state index contributed by atoms with van der Waals surface area (Å²) in [7, 11) is 0. The van der Waals surface area contributed by atoms with E-state index in [1.165, 1.54) is 17.5 Å². The summed E-state index contributed by atoms with van der Waals surface area (Å²) in [6.45, 7) is 1.95. The molecule has 0 spiro atoms. The number of fused-ring (bicyclic) bond motifs is 4. The van der Waals surface area contributed by atoms with Gasteiger partial charge in [0.2, 0.25) is 5.72 Å². The van der Waals surface area contributed by atoms with E-state index >= 15 is 0 Å². The maximum absolute atomic E-state index is 11.2. The van der Waals surface area contributed by atoms with Crippen molar-refractivity contribution >= 4 is 33.8 Å². The molecular formula is C27H20ClN3O3. The molecule has 0 bridgehead atoms. The molecule has 7 heteroatoms. The van der Waals surface area contributed by atoms with Crippen LogP contribution >= 0.6 is 11.6 Å². The zero-order valence-electron chi connectivity index (χ0n) is 18.3. The molecule has 2 aliphatic heterocycles. The summed E-state index contributed by atoms with van der Waals surface area (Å²) in [6.07, 6.45) is 0.692. The van der Waals surface area contributed by atoms with E-state index in [1.54, 1.807) is 12.1 Å². The number of non-ortho nitro benzene ring substituents is 1. The molecule has 0 fully saturated rings. The number of halogens is 1. The third-order valence-corrected chi connectivity index (χ3v) is 6.92. The topological polar surface area (TPSA) is 68.0 Å². The number of rotatable bonds is 3. The lowest BCUT2D eigenvalue weighted by molar-refractivity contribution is -0.384. The highest BCUT2D eigenvalue weighted by molar-refractivity contribution is 6.30. The first-order chi connectivity index (χ1) is 16.4. The molecule has 4 aromatic carbocycles. The predicted molar refractivity (Wildman–Crippen MR) is 132 cm³/mol. The number of hydrogen-bond acceptors (Lipinski definition) is 5. The minimum absolute atomic E-state index is 0.0358. The molecule has 0 unspecified atom stereocenters. The molecule has 0 N–H and O–H groups in total. The van der Waals surface area contributed by atoms with Crippen molar-refractivity contribution in [3.05, 3.63) is 117 Å². The van der Waals surface area contributed by atoms with E-state index in [0.717, 1.165) is 33.5 Å². The van der Waals surface area contributed by atoms with E-state index in [-0.39, 0.29) is 11.7 Å². The van der Waals surface area contributed by atoms with Gasteiger partial charge in [-0.1, -0.05) is 48.0 Å². The Bertz CT molecular complexity index is 1480. The highest BCUT2D eigenvalue weighted by Crippen LogP contribution is 2.51. The van der Waals surface area contributed by atoms with E-state index < -0.39 is 10.6 Å². The minimum atomic E-state index is -0.945. The van der Waals surface area contributed by atoms with Crippen molar-refractivity contribution in [2.24, 2.45) is 5.10 Å². The Morgan fingerprint density at radius 3 is 2.56 bits per heavy atom. The normalized spacial score (nSPS) is 20.9. The second-order valence-corrected chi connectivity index (χ2v) is 9.18. The maximum Gasteiger partial charge on any atom is 0.269 e. The quantitative estimate of drug-likeness (QED) is 0.244. The third-order valence-electron chi connectivity index (χ3n) is 6.68. The van der Waals surface area contributed by atoms with Gasteiger partial charge in [-0.25, -0.2) is 5.01 Å². The number of ether oxygens (including phenoxy) is 1. The van der Waals surface area contributed by atoms with Crippen LogP contribution in [0.15, 0.2) is 90.0 Å². The van der Waals surface area contributed by atoms with Crippen LogP contribution in [-0.2, 0) is 5.72 Å². The van der Waals surface area contributed by atoms with Crippen LogP contribution in [0.4, 0.5) is 5.69 Å². The van der Waals surface area contributed by atoms with Gasteiger partial charge in [0.1, 0.15) is 5.75 Å². The first-order valence-corrected chi connectivity index (χ1v) is 11.4. The molecule has 0 saturated heterocycles. The van der Waals surface area contributed by atoms with Gasteiger partial charge in [-0.15, -0.1) is 0 Å². The molecule has 0 radical (unpaired) electrons. The van der Waals surface area contributed by atoms with Gasteiger partial charge in [0, 0.05) is 41.6 Å². The SMILES string of the molecule is C[C@@]1(c2ccc([N+](=O)[O-])cc2)Oc2ccc(Cl)cc2[C@@H]2CC(c3ccc4ccccc4c3)=NN21. The van der Waals surface area contributed by atoms with Gasteiger partial charge >= 0.3 is 0 Å². The van der Waals surface area contributed by atoms with Crippen molar-refractivity contribution in [1.82, 2.24) is 5.01 Å². The van der Waals surface area contributed by atoms with Crippen LogP contribution in [0, 0.1) is 10.1 Å². The number of nitro benzene ring substituents is 1. The third kappa shape index (κ3) is 3.22. The van der Waals surface area contributed by atoms with Crippen LogP contribution in [0.2, 0.25) is 5.02 Å². The fourth-order valence-electron chi connectivity index (χ4n) is 4.91. The Morgan fingerprint density at radius 2 is 1.79 bits per heavy atom. The van der Waals surface area contributed by atoms with Crippen molar-refractivity contribution < 1.29 is 9.66 Å². The molecule has 34 heavy (non-hydrogen) atoms. The number of nitro groups is 1. The maximum atomic E-state index is 11.2. The van der Waals surface area contributed by atoms with Crippen LogP contribution in [0.25, 0.3) is 10.8 Å². The second-order valence-electron chi connectivity index (χ2n) is 8.74. The Balaban J connectivity index is 1.48. The number of hydrogen-bond donors (Lipinski definition) is 0. The predicted octanol–water partition coefficient (Wildman–Crippen LogP) is 6.82. The standard InChI is InChI=1S/C27H20ClN3O3/c1-27(20-8-11-22(12-9-20)31(32)33)30-25(23-15-21(28)10-13-26(23)34-27)16-24(29-30)19-7-6-17-4-2-3-5-18(17)14-19/h2-15,25H,16H2,1H3/t25-,27-/m0/s1. The Hall–Kier alpha value is -3.90. The fourth-order valence-corrected chi connectivity index (χ4v) is 5.09. The van der Waals surface area contributed by atoms with Crippen molar-refractivity contribution in [3.63, 3.8) is 0 Å². The number of nitrogens with zero attached hydrogens (tertiary/aromatic N) is 3. The van der Waals surface area contributed by atoms with Crippen LogP contribution < -0.4 is 4.74 Å². The summed E-state index contributed by atoms with van der Waals surface area (Å²) < 4.78 is 6.52. The zero-order chi connectivity index (χ0) is 23.4. The zero-order valence-corrected chi connectivity index (χ0v) is 19.1. The summed E-state index contributed by atoms with van der Waals surface area (Å²) in [5.41, 5.74) is 2.87. The average molecular weight is 470 g/mol. The molecule has 0 saturated carbocycles. The van der Waals surface area contributed by atoms with Gasteiger partial charge in [-0.2, -0.15) is 5.10 Å². The van der Waals surface area contributed by atoms with E-state index in [4.69, 9.17) is 21.4 Å². The van der Waals surface area contributed by atoms with Gasteiger partial charge in [-0.3, -0.25) is 10.1 Å². The Morgan fingerprint density at radius 1 is 1.03 bits per heavy atom. The van der Waals surface area contributed by atoms with Crippen LogP contribution in [0.5, 0.6) is 5.75 Å². The highest BCUT2D eigenvalue weighted by Gasteiger charge is 2.49. The van der Waals surface area contributed by atoms with Crippen molar-refractivity contribution in [1.29, 1.82) is 0 Å². The molecule has 0 amide bonds. The van der Waals surface area contributed by atoms with Gasteiger partial charge in [0.05, 0.1) is 16.7 Å². The molecule has 2 aliphatic rings. The van der Waals surface area contributed by atoms with Gasteiger partial charge < -0.3 is 4.74 Å². The van der Waals surface area contributed by atoms with Crippen molar-refractivity contribution in [2.45, 2.75) is 25.1 Å². The van der Waals surface area contributed by atoms with Crippen molar-refractivity contribution in [3.8, 4) is 5.75 Å². The van der Waals surface area contributed by atoms with Crippen LogP contribution in [0.3, 0.4) is 0 Å². The lowest BCUT2D eigenvalue weighted by atomic mass is 9.92. The summed E-state index contributed by atoms with van der Waals surface area (Å²) >= 11 is 6.35. The molecule has 2 heterocycles. The van der Waals surface area contributed by atoms with Gasteiger partial charge in [-0.05, 0) is 52.7 Å². The van der Waals surface area contributed by atoms with E-state index in [0.29, 0.717) is 11.4 Å². The minimum Gasteiger partial charge on any atom is -0.462 e. The lowest BCUT2D eigenvalue weighted by Crippen LogP contribution is -2.48. The summed E-state index contributed by atoms with van der Waals surface area (Å²) in [4.78, 5) is 10.8. The van der Waals surface area contributed by atoms with Gasteiger partial charge in [0.15, 0.2) is 0 Å². The second kappa shape index (κ2) is 7.57.